The highest BCUT2D eigenvalue weighted by atomic mass is 15.1. The van der Waals surface area contributed by atoms with Crippen LogP contribution in [0.2, 0.25) is 0 Å². The summed E-state index contributed by atoms with van der Waals surface area (Å²) in [5, 5.41) is 8.64. The Labute approximate surface area is 106 Å². The second kappa shape index (κ2) is 4.27. The van der Waals surface area contributed by atoms with E-state index >= 15 is 0 Å². The van der Waals surface area contributed by atoms with Gasteiger partial charge in [0.25, 0.3) is 0 Å². The van der Waals surface area contributed by atoms with Crippen LogP contribution in [0.4, 0.5) is 0 Å². The summed E-state index contributed by atoms with van der Waals surface area (Å²) in [5.74, 6) is 0. The van der Waals surface area contributed by atoms with Gasteiger partial charge in [0.2, 0.25) is 0 Å². The molecule has 18 heavy (non-hydrogen) atoms. The van der Waals surface area contributed by atoms with E-state index in [1.165, 1.54) is 5.56 Å². The first kappa shape index (κ1) is 11.0. The molecule has 0 unspecified atom stereocenters. The maximum atomic E-state index is 5.70. The molecule has 0 amide bonds. The summed E-state index contributed by atoms with van der Waals surface area (Å²) in [5.41, 5.74) is 11.3. The van der Waals surface area contributed by atoms with Gasteiger partial charge in [-0.05, 0) is 30.2 Å². The largest absolute Gasteiger partial charge is 0.326 e. The van der Waals surface area contributed by atoms with Gasteiger partial charge in [-0.1, -0.05) is 30.3 Å². The van der Waals surface area contributed by atoms with Crippen LogP contribution >= 0.6 is 0 Å². The third-order valence-corrected chi connectivity index (χ3v) is 3.26. The van der Waals surface area contributed by atoms with Gasteiger partial charge in [-0.15, -0.1) is 0 Å². The van der Waals surface area contributed by atoms with E-state index < -0.39 is 0 Å². The van der Waals surface area contributed by atoms with Crippen LogP contribution in [0.1, 0.15) is 11.1 Å². The molecule has 0 spiro atoms. The van der Waals surface area contributed by atoms with Crippen molar-refractivity contribution in [1.29, 1.82) is 0 Å². The van der Waals surface area contributed by atoms with Gasteiger partial charge < -0.3 is 5.73 Å². The zero-order valence-corrected chi connectivity index (χ0v) is 10.3. The number of benzene rings is 2. The van der Waals surface area contributed by atoms with Gasteiger partial charge >= 0.3 is 0 Å². The number of nitrogens with two attached hydrogens (primary N) is 1. The summed E-state index contributed by atoms with van der Waals surface area (Å²) >= 11 is 0. The fourth-order valence-corrected chi connectivity index (χ4v) is 2.23. The Morgan fingerprint density at radius 2 is 2.00 bits per heavy atom. The van der Waals surface area contributed by atoms with Gasteiger partial charge in [0.05, 0.1) is 5.52 Å². The molecule has 0 saturated heterocycles. The number of aryl methyl sites for hydroxylation is 1. The van der Waals surface area contributed by atoms with E-state index in [2.05, 4.69) is 35.3 Å². The van der Waals surface area contributed by atoms with E-state index in [4.69, 9.17) is 5.73 Å². The summed E-state index contributed by atoms with van der Waals surface area (Å²) in [6.45, 7) is 2.65. The smallest absolute Gasteiger partial charge is 0.100 e. The minimum atomic E-state index is 0.550. The molecule has 3 heteroatoms. The van der Waals surface area contributed by atoms with Crippen LogP contribution in [0.25, 0.3) is 22.2 Å². The Kier molecular flexibility index (Phi) is 2.61. The van der Waals surface area contributed by atoms with Crippen molar-refractivity contribution in [3.8, 4) is 11.3 Å². The summed E-state index contributed by atoms with van der Waals surface area (Å²) < 4.78 is 0. The monoisotopic (exact) mass is 237 g/mol. The molecule has 0 saturated carbocycles. The molecule has 0 fully saturated rings. The molecule has 0 aliphatic carbocycles. The zero-order valence-electron chi connectivity index (χ0n) is 10.3. The lowest BCUT2D eigenvalue weighted by Crippen LogP contribution is -1.95. The molecule has 3 rings (SSSR count). The lowest BCUT2D eigenvalue weighted by molar-refractivity contribution is 1.07. The van der Waals surface area contributed by atoms with Crippen LogP contribution in [0.3, 0.4) is 0 Å². The van der Waals surface area contributed by atoms with Gasteiger partial charge in [0, 0.05) is 17.5 Å². The van der Waals surface area contributed by atoms with Crippen molar-refractivity contribution in [2.45, 2.75) is 13.5 Å². The normalized spacial score (nSPS) is 11.0. The second-order valence-corrected chi connectivity index (χ2v) is 4.47. The van der Waals surface area contributed by atoms with Crippen molar-refractivity contribution in [1.82, 2.24) is 10.2 Å². The fraction of sp³-hybridized carbons (Fsp3) is 0.133. The first-order valence-electron chi connectivity index (χ1n) is 6.02. The maximum Gasteiger partial charge on any atom is 0.100 e. The molecule has 90 valence electrons. The molecule has 1 heterocycles. The van der Waals surface area contributed by atoms with E-state index in [0.717, 1.165) is 27.7 Å². The first-order chi connectivity index (χ1) is 8.79. The summed E-state index contributed by atoms with van der Waals surface area (Å²) in [4.78, 5) is 0. The number of aromatic nitrogens is 2. The third-order valence-electron chi connectivity index (χ3n) is 3.26. The van der Waals surface area contributed by atoms with Gasteiger partial charge in [-0.2, -0.15) is 5.10 Å². The summed E-state index contributed by atoms with van der Waals surface area (Å²) in [6, 6.07) is 14.5. The first-order valence-corrected chi connectivity index (χ1v) is 6.02. The number of aromatic amines is 1. The molecular weight excluding hydrogens is 222 g/mol. The third kappa shape index (κ3) is 1.69. The number of nitrogens with zero attached hydrogens (tertiary/aromatic N) is 1. The molecule has 3 aromatic rings. The molecule has 2 aromatic carbocycles. The Balaban J connectivity index is 2.26. The topological polar surface area (TPSA) is 54.7 Å². The number of H-pyrrole nitrogens is 1. The molecular formula is C15H15N3. The molecule has 0 aliphatic heterocycles. The van der Waals surface area contributed by atoms with Crippen LogP contribution in [0.15, 0.2) is 42.5 Å². The standard InChI is InChI=1S/C15H15N3/c1-10-4-2-3-5-12(10)15-13-8-11(9-16)6-7-14(13)17-18-15/h2-8H,9,16H2,1H3,(H,17,18). The fourth-order valence-electron chi connectivity index (χ4n) is 2.23. The Morgan fingerprint density at radius 1 is 1.17 bits per heavy atom. The van der Waals surface area contributed by atoms with Crippen LogP contribution in [0, 0.1) is 6.92 Å². The minimum absolute atomic E-state index is 0.550. The van der Waals surface area contributed by atoms with Gasteiger partial charge in [-0.3, -0.25) is 5.10 Å². The number of hydrogen-bond acceptors (Lipinski definition) is 2. The Morgan fingerprint density at radius 3 is 2.78 bits per heavy atom. The van der Waals surface area contributed by atoms with Crippen molar-refractivity contribution in [3.63, 3.8) is 0 Å². The minimum Gasteiger partial charge on any atom is -0.326 e. The van der Waals surface area contributed by atoms with Crippen LogP contribution in [-0.2, 0) is 6.54 Å². The highest BCUT2D eigenvalue weighted by molar-refractivity contribution is 5.93. The van der Waals surface area contributed by atoms with E-state index in [1.807, 2.05) is 24.3 Å². The van der Waals surface area contributed by atoms with Crippen molar-refractivity contribution in [3.05, 3.63) is 53.6 Å². The SMILES string of the molecule is Cc1ccccc1-c1n[nH]c2ccc(CN)cc12. The van der Waals surface area contributed by atoms with E-state index in [9.17, 15) is 0 Å². The van der Waals surface area contributed by atoms with Crippen molar-refractivity contribution < 1.29 is 0 Å². The Bertz CT molecular complexity index is 698. The van der Waals surface area contributed by atoms with Gasteiger partial charge in [-0.25, -0.2) is 0 Å². The predicted molar refractivity (Wildman–Crippen MR) is 74.2 cm³/mol. The highest BCUT2D eigenvalue weighted by Gasteiger charge is 2.10. The molecule has 3 nitrogen and oxygen atoms in total. The summed E-state index contributed by atoms with van der Waals surface area (Å²) in [7, 11) is 0. The molecule has 0 radical (unpaired) electrons. The van der Waals surface area contributed by atoms with Gasteiger partial charge in [0.15, 0.2) is 0 Å². The Hall–Kier alpha value is -2.13. The van der Waals surface area contributed by atoms with Crippen LogP contribution in [0.5, 0.6) is 0 Å². The highest BCUT2D eigenvalue weighted by Crippen LogP contribution is 2.29. The molecule has 1 aromatic heterocycles. The van der Waals surface area contributed by atoms with Crippen molar-refractivity contribution in [2.75, 3.05) is 0 Å². The average molecular weight is 237 g/mol. The summed E-state index contributed by atoms with van der Waals surface area (Å²) in [6.07, 6.45) is 0. The van der Waals surface area contributed by atoms with Gasteiger partial charge in [0.1, 0.15) is 5.69 Å². The zero-order chi connectivity index (χ0) is 12.5. The van der Waals surface area contributed by atoms with Crippen molar-refractivity contribution in [2.24, 2.45) is 5.73 Å². The number of rotatable bonds is 2. The van der Waals surface area contributed by atoms with Crippen molar-refractivity contribution >= 4 is 10.9 Å². The molecule has 0 atom stereocenters. The van der Waals surface area contributed by atoms with E-state index in [-0.39, 0.29) is 0 Å². The number of hydrogen-bond donors (Lipinski definition) is 2. The number of nitrogens with one attached hydrogen (secondary N) is 1. The molecule has 0 aliphatic rings. The quantitative estimate of drug-likeness (QED) is 0.720. The lowest BCUT2D eigenvalue weighted by atomic mass is 10.0. The van der Waals surface area contributed by atoms with E-state index in [1.54, 1.807) is 0 Å². The predicted octanol–water partition coefficient (Wildman–Crippen LogP) is 3.00. The second-order valence-electron chi connectivity index (χ2n) is 4.47. The number of fused-ring (bicyclic) bond motifs is 1. The van der Waals surface area contributed by atoms with Crippen LogP contribution in [-0.4, -0.2) is 10.2 Å². The van der Waals surface area contributed by atoms with E-state index in [0.29, 0.717) is 6.54 Å². The molecule has 0 bridgehead atoms. The average Bonchev–Trinajstić information content (AvgIpc) is 2.82. The molecule has 3 N–H and O–H groups in total. The van der Waals surface area contributed by atoms with Crippen LogP contribution < -0.4 is 5.73 Å². The maximum absolute atomic E-state index is 5.70. The lowest BCUT2D eigenvalue weighted by Gasteiger charge is -2.03.